The first-order valence-electron chi connectivity index (χ1n) is 9.83. The molecule has 8 nitrogen and oxygen atoms in total. The normalized spacial score (nSPS) is 19.6. The van der Waals surface area contributed by atoms with Crippen molar-refractivity contribution in [1.29, 1.82) is 0 Å². The van der Waals surface area contributed by atoms with Gasteiger partial charge in [-0.25, -0.2) is 13.2 Å². The molecule has 2 heterocycles. The van der Waals surface area contributed by atoms with Crippen molar-refractivity contribution >= 4 is 38.2 Å². The third kappa shape index (κ3) is 5.08. The highest BCUT2D eigenvalue weighted by atomic mass is 32.2. The molecule has 10 heteroatoms. The van der Waals surface area contributed by atoms with Gasteiger partial charge in [-0.3, -0.25) is 4.79 Å². The van der Waals surface area contributed by atoms with Crippen LogP contribution in [0.4, 0.5) is 5.00 Å². The summed E-state index contributed by atoms with van der Waals surface area (Å²) in [6.45, 7) is 4.92. The summed E-state index contributed by atoms with van der Waals surface area (Å²) in [7, 11) is -1.16. The molecule has 1 N–H and O–H groups in total. The third-order valence-electron chi connectivity index (χ3n) is 5.11. The van der Waals surface area contributed by atoms with Crippen molar-refractivity contribution in [2.45, 2.75) is 25.2 Å². The highest BCUT2D eigenvalue weighted by molar-refractivity contribution is 7.89. The summed E-state index contributed by atoms with van der Waals surface area (Å²) in [4.78, 5) is 24.7. The molecule has 0 unspecified atom stereocenters. The zero-order valence-electron chi connectivity index (χ0n) is 17.9. The summed E-state index contributed by atoms with van der Waals surface area (Å²) in [6, 6.07) is 7.46. The first-order valence-corrected chi connectivity index (χ1v) is 12.1. The number of rotatable bonds is 6. The molecular formula is C21H26N2O6S2. The van der Waals surface area contributed by atoms with E-state index < -0.39 is 21.9 Å². The molecule has 0 saturated carbocycles. The molecule has 1 aromatic heterocycles. The SMILES string of the molecule is COC(=O)c1ccc(NC(=O)c2ccc(OC)c(S(=O)(=O)N3C[C@H](C)C[C@@H](C)C3)c2)s1. The van der Waals surface area contributed by atoms with Gasteiger partial charge in [-0.15, -0.1) is 11.3 Å². The Labute approximate surface area is 186 Å². The second kappa shape index (κ2) is 9.37. The molecule has 1 aliphatic rings. The van der Waals surface area contributed by atoms with E-state index in [1.807, 2.05) is 13.8 Å². The van der Waals surface area contributed by atoms with Crippen molar-refractivity contribution in [2.24, 2.45) is 11.8 Å². The van der Waals surface area contributed by atoms with E-state index in [0.717, 1.165) is 17.8 Å². The molecule has 3 rings (SSSR count). The number of amides is 1. The Morgan fingerprint density at radius 2 is 1.77 bits per heavy atom. The maximum atomic E-state index is 13.4. The topological polar surface area (TPSA) is 102 Å². The van der Waals surface area contributed by atoms with Crippen LogP contribution >= 0.6 is 11.3 Å². The monoisotopic (exact) mass is 466 g/mol. The smallest absolute Gasteiger partial charge is 0.348 e. The largest absolute Gasteiger partial charge is 0.495 e. The molecule has 168 valence electrons. The zero-order chi connectivity index (χ0) is 22.8. The van der Waals surface area contributed by atoms with Crippen LogP contribution in [0.1, 0.15) is 40.3 Å². The van der Waals surface area contributed by atoms with Crippen molar-refractivity contribution in [3.63, 3.8) is 0 Å². The number of anilines is 1. The van der Waals surface area contributed by atoms with Crippen LogP contribution < -0.4 is 10.1 Å². The van der Waals surface area contributed by atoms with Gasteiger partial charge in [0.15, 0.2) is 0 Å². The molecule has 2 aromatic rings. The number of carbonyl (C=O) groups excluding carboxylic acids is 2. The predicted molar refractivity (Wildman–Crippen MR) is 118 cm³/mol. The van der Waals surface area contributed by atoms with Crippen molar-refractivity contribution in [3.05, 3.63) is 40.8 Å². The molecule has 0 radical (unpaired) electrons. The number of benzene rings is 1. The molecule has 1 aliphatic heterocycles. The summed E-state index contributed by atoms with van der Waals surface area (Å²) in [6.07, 6.45) is 0.972. The second-order valence-corrected chi connectivity index (χ2v) is 10.7. The quantitative estimate of drug-likeness (QED) is 0.654. The minimum atomic E-state index is -3.84. The molecule has 0 bridgehead atoms. The molecule has 1 fully saturated rings. The van der Waals surface area contributed by atoms with Crippen molar-refractivity contribution in [3.8, 4) is 5.75 Å². The van der Waals surface area contributed by atoms with E-state index in [9.17, 15) is 18.0 Å². The first-order chi connectivity index (χ1) is 14.6. The van der Waals surface area contributed by atoms with Crippen LogP contribution in [-0.2, 0) is 14.8 Å². The maximum absolute atomic E-state index is 13.4. The standard InChI is InChI=1S/C21H26N2O6S2/c1-13-9-14(2)12-23(11-13)31(26,27)18-10-15(5-6-16(18)28-3)20(24)22-19-8-7-17(30-19)21(25)29-4/h5-8,10,13-14H,9,11-12H2,1-4H3,(H,22,24)/t13-,14-/m1/s1. The van der Waals surface area contributed by atoms with E-state index in [-0.39, 0.29) is 28.0 Å². The molecule has 0 spiro atoms. The van der Waals surface area contributed by atoms with Crippen LogP contribution in [0.5, 0.6) is 5.75 Å². The van der Waals surface area contributed by atoms with Gasteiger partial charge in [-0.2, -0.15) is 4.31 Å². The lowest BCUT2D eigenvalue weighted by molar-refractivity contribution is 0.0606. The van der Waals surface area contributed by atoms with Crippen LogP contribution in [0.25, 0.3) is 0 Å². The molecule has 1 saturated heterocycles. The first kappa shape index (κ1) is 23.2. The Bertz CT molecular complexity index is 1070. The number of sulfonamides is 1. The van der Waals surface area contributed by atoms with Gasteiger partial charge in [0.1, 0.15) is 15.5 Å². The Balaban J connectivity index is 1.88. The van der Waals surface area contributed by atoms with Gasteiger partial charge >= 0.3 is 5.97 Å². The summed E-state index contributed by atoms with van der Waals surface area (Å²) in [5, 5.41) is 3.14. The number of ether oxygens (including phenoxy) is 2. The van der Waals surface area contributed by atoms with Crippen LogP contribution in [0.3, 0.4) is 0 Å². The summed E-state index contributed by atoms with van der Waals surface area (Å²) in [5.74, 6) is -0.296. The second-order valence-electron chi connectivity index (χ2n) is 7.74. The minimum absolute atomic E-state index is 0.0367. The zero-order valence-corrected chi connectivity index (χ0v) is 19.5. The molecule has 1 aromatic carbocycles. The number of thiophene rings is 1. The number of carbonyl (C=O) groups is 2. The van der Waals surface area contributed by atoms with E-state index in [2.05, 4.69) is 10.1 Å². The lowest BCUT2D eigenvalue weighted by Crippen LogP contribution is -2.42. The fourth-order valence-corrected chi connectivity index (χ4v) is 6.44. The van der Waals surface area contributed by atoms with Crippen LogP contribution in [0.2, 0.25) is 0 Å². The number of piperidine rings is 1. The molecular weight excluding hydrogens is 440 g/mol. The van der Waals surface area contributed by atoms with Gasteiger partial charge in [0.05, 0.1) is 19.2 Å². The van der Waals surface area contributed by atoms with Crippen molar-refractivity contribution in [2.75, 3.05) is 32.6 Å². The fraction of sp³-hybridized carbons (Fsp3) is 0.429. The highest BCUT2D eigenvalue weighted by Crippen LogP contribution is 2.32. The van der Waals surface area contributed by atoms with E-state index >= 15 is 0 Å². The average Bonchev–Trinajstić information content (AvgIpc) is 3.20. The molecule has 2 atom stereocenters. The molecule has 0 aliphatic carbocycles. The number of methoxy groups -OCH3 is 2. The van der Waals surface area contributed by atoms with Crippen LogP contribution in [-0.4, -0.2) is 51.9 Å². The lowest BCUT2D eigenvalue weighted by Gasteiger charge is -2.34. The minimum Gasteiger partial charge on any atom is -0.495 e. The van der Waals surface area contributed by atoms with E-state index in [4.69, 9.17) is 4.74 Å². The molecule has 1 amide bonds. The van der Waals surface area contributed by atoms with Gasteiger partial charge in [-0.05, 0) is 48.6 Å². The van der Waals surface area contributed by atoms with Gasteiger partial charge in [0, 0.05) is 18.7 Å². The van der Waals surface area contributed by atoms with E-state index in [1.54, 1.807) is 12.1 Å². The molecule has 31 heavy (non-hydrogen) atoms. The number of hydrogen-bond donors (Lipinski definition) is 1. The van der Waals surface area contributed by atoms with Crippen LogP contribution in [0, 0.1) is 11.8 Å². The number of nitrogens with one attached hydrogen (secondary N) is 1. The Kier molecular flexibility index (Phi) is 7.03. The van der Waals surface area contributed by atoms with Crippen molar-refractivity contribution in [1.82, 2.24) is 4.31 Å². The summed E-state index contributed by atoms with van der Waals surface area (Å²) < 4.78 is 38.1. The Morgan fingerprint density at radius 3 is 2.39 bits per heavy atom. The van der Waals surface area contributed by atoms with E-state index in [0.29, 0.717) is 23.0 Å². The van der Waals surface area contributed by atoms with Crippen molar-refractivity contribution < 1.29 is 27.5 Å². The Morgan fingerprint density at radius 1 is 1.10 bits per heavy atom. The third-order valence-corrected chi connectivity index (χ3v) is 7.94. The number of nitrogens with zero attached hydrogens (tertiary/aromatic N) is 1. The van der Waals surface area contributed by atoms with E-state index in [1.165, 1.54) is 36.7 Å². The number of hydrogen-bond acceptors (Lipinski definition) is 7. The average molecular weight is 467 g/mol. The Hall–Kier alpha value is -2.43. The van der Waals surface area contributed by atoms with Gasteiger partial charge in [-0.1, -0.05) is 13.8 Å². The highest BCUT2D eigenvalue weighted by Gasteiger charge is 2.34. The van der Waals surface area contributed by atoms with Crippen LogP contribution in [0.15, 0.2) is 35.2 Å². The van der Waals surface area contributed by atoms with Gasteiger partial charge in [0.25, 0.3) is 5.91 Å². The van der Waals surface area contributed by atoms with Gasteiger partial charge in [0.2, 0.25) is 10.0 Å². The number of esters is 1. The summed E-state index contributed by atoms with van der Waals surface area (Å²) >= 11 is 1.07. The predicted octanol–water partition coefficient (Wildman–Crippen LogP) is 3.46. The van der Waals surface area contributed by atoms with Gasteiger partial charge < -0.3 is 14.8 Å². The summed E-state index contributed by atoms with van der Waals surface area (Å²) in [5.41, 5.74) is 0.172. The fourth-order valence-electron chi connectivity index (χ4n) is 3.76. The maximum Gasteiger partial charge on any atom is 0.348 e. The lowest BCUT2D eigenvalue weighted by atomic mass is 9.94.